The summed E-state index contributed by atoms with van der Waals surface area (Å²) in [6.07, 6.45) is 0.973. The highest BCUT2D eigenvalue weighted by Gasteiger charge is 2.25. The Kier molecular flexibility index (Phi) is 4.43. The quantitative estimate of drug-likeness (QED) is 0.902. The van der Waals surface area contributed by atoms with Crippen molar-refractivity contribution in [1.29, 1.82) is 0 Å². The molecular formula is C18H21NO2. The van der Waals surface area contributed by atoms with Crippen LogP contribution in [0.15, 0.2) is 48.5 Å². The van der Waals surface area contributed by atoms with Crippen LogP contribution in [-0.2, 0) is 16.8 Å². The zero-order chi connectivity index (χ0) is 15.5. The smallest absolute Gasteiger partial charge is 0.221 e. The number of benzene rings is 2. The lowest BCUT2D eigenvalue weighted by atomic mass is 9.87. The molecule has 0 spiro atoms. The number of nitrogens with one attached hydrogen (secondary N) is 1. The zero-order valence-electron chi connectivity index (χ0n) is 12.7. The second-order valence-electron chi connectivity index (χ2n) is 5.38. The summed E-state index contributed by atoms with van der Waals surface area (Å²) < 4.78 is 0. The number of amides is 1. The maximum atomic E-state index is 11.1. The average molecular weight is 283 g/mol. The maximum absolute atomic E-state index is 11.1. The molecule has 0 heterocycles. The molecule has 2 N–H and O–H groups in total. The minimum Gasteiger partial charge on any atom is -0.381 e. The second-order valence-corrected chi connectivity index (χ2v) is 5.38. The third-order valence-corrected chi connectivity index (χ3v) is 3.67. The van der Waals surface area contributed by atoms with Crippen LogP contribution in [0.1, 0.15) is 37.5 Å². The lowest BCUT2D eigenvalue weighted by Crippen LogP contribution is -2.23. The summed E-state index contributed by atoms with van der Waals surface area (Å²) in [7, 11) is 0. The Bertz CT molecular complexity index is 630. The van der Waals surface area contributed by atoms with Gasteiger partial charge in [-0.2, -0.15) is 0 Å². The zero-order valence-corrected chi connectivity index (χ0v) is 12.7. The van der Waals surface area contributed by atoms with Gasteiger partial charge in [-0.15, -0.1) is 0 Å². The van der Waals surface area contributed by atoms with E-state index in [1.807, 2.05) is 36.4 Å². The Morgan fingerprint density at radius 3 is 2.38 bits per heavy atom. The van der Waals surface area contributed by atoms with Crippen LogP contribution < -0.4 is 5.32 Å². The van der Waals surface area contributed by atoms with Gasteiger partial charge in [0, 0.05) is 12.6 Å². The van der Waals surface area contributed by atoms with E-state index in [0.717, 1.165) is 17.5 Å². The molecule has 0 saturated carbocycles. The van der Waals surface area contributed by atoms with Gasteiger partial charge in [0.1, 0.15) is 5.60 Å². The number of carbonyl (C=O) groups excluding carboxylic acids is 1. The van der Waals surface area contributed by atoms with E-state index in [2.05, 4.69) is 12.2 Å². The highest BCUT2D eigenvalue weighted by molar-refractivity contribution is 5.88. The molecule has 110 valence electrons. The van der Waals surface area contributed by atoms with Crippen LogP contribution >= 0.6 is 0 Å². The monoisotopic (exact) mass is 283 g/mol. The van der Waals surface area contributed by atoms with Gasteiger partial charge >= 0.3 is 0 Å². The molecule has 0 fully saturated rings. The fourth-order valence-corrected chi connectivity index (χ4v) is 2.33. The van der Waals surface area contributed by atoms with Crippen molar-refractivity contribution in [2.24, 2.45) is 0 Å². The molecule has 1 amide bonds. The van der Waals surface area contributed by atoms with E-state index in [9.17, 15) is 9.90 Å². The number of hydrogen-bond acceptors (Lipinski definition) is 2. The van der Waals surface area contributed by atoms with E-state index in [0.29, 0.717) is 5.69 Å². The van der Waals surface area contributed by atoms with Crippen molar-refractivity contribution in [3.8, 4) is 0 Å². The molecule has 1 atom stereocenters. The Morgan fingerprint density at radius 1 is 1.14 bits per heavy atom. The van der Waals surface area contributed by atoms with E-state index in [1.165, 1.54) is 12.5 Å². The van der Waals surface area contributed by atoms with E-state index in [1.54, 1.807) is 19.1 Å². The summed E-state index contributed by atoms with van der Waals surface area (Å²) in [6.45, 7) is 5.33. The van der Waals surface area contributed by atoms with Crippen molar-refractivity contribution < 1.29 is 9.90 Å². The van der Waals surface area contributed by atoms with Crippen LogP contribution in [0, 0.1) is 0 Å². The molecule has 21 heavy (non-hydrogen) atoms. The molecule has 1 unspecified atom stereocenters. The van der Waals surface area contributed by atoms with Gasteiger partial charge in [-0.25, -0.2) is 0 Å². The van der Waals surface area contributed by atoms with Gasteiger partial charge in [0.15, 0.2) is 0 Å². The van der Waals surface area contributed by atoms with Gasteiger partial charge in [0.2, 0.25) is 5.91 Å². The molecule has 3 nitrogen and oxygen atoms in total. The van der Waals surface area contributed by atoms with Gasteiger partial charge in [-0.1, -0.05) is 43.3 Å². The summed E-state index contributed by atoms with van der Waals surface area (Å²) in [5, 5.41) is 13.6. The first-order chi connectivity index (χ1) is 9.93. The van der Waals surface area contributed by atoms with E-state index >= 15 is 0 Å². The lowest BCUT2D eigenvalue weighted by molar-refractivity contribution is -0.114. The van der Waals surface area contributed by atoms with E-state index < -0.39 is 5.60 Å². The van der Waals surface area contributed by atoms with Gasteiger partial charge < -0.3 is 10.4 Å². The number of anilines is 1. The maximum Gasteiger partial charge on any atom is 0.221 e. The fourth-order valence-electron chi connectivity index (χ4n) is 2.33. The summed E-state index contributed by atoms with van der Waals surface area (Å²) in [4.78, 5) is 11.1. The molecule has 2 rings (SSSR count). The molecule has 0 saturated heterocycles. The van der Waals surface area contributed by atoms with Crippen LogP contribution in [0.4, 0.5) is 5.69 Å². The van der Waals surface area contributed by atoms with Crippen LogP contribution in [-0.4, -0.2) is 11.0 Å². The van der Waals surface area contributed by atoms with Gasteiger partial charge in [-0.05, 0) is 42.2 Å². The fraction of sp³-hybridized carbons (Fsp3) is 0.278. The second kappa shape index (κ2) is 6.10. The van der Waals surface area contributed by atoms with Crippen molar-refractivity contribution in [2.75, 3.05) is 5.32 Å². The van der Waals surface area contributed by atoms with E-state index in [4.69, 9.17) is 0 Å². The largest absolute Gasteiger partial charge is 0.381 e. The number of hydrogen-bond donors (Lipinski definition) is 2. The average Bonchev–Trinajstić information content (AvgIpc) is 2.47. The Morgan fingerprint density at radius 2 is 1.81 bits per heavy atom. The molecule has 0 aromatic heterocycles. The molecule has 0 bridgehead atoms. The van der Waals surface area contributed by atoms with Crippen molar-refractivity contribution in [2.45, 2.75) is 32.8 Å². The molecule has 0 aliphatic heterocycles. The number of rotatable bonds is 4. The Labute approximate surface area is 125 Å². The number of carbonyl (C=O) groups is 1. The molecule has 3 heteroatoms. The first kappa shape index (κ1) is 15.3. The minimum atomic E-state index is -1.10. The van der Waals surface area contributed by atoms with Crippen LogP contribution in [0.2, 0.25) is 0 Å². The SMILES string of the molecule is CCc1ccc(C(C)(O)c2cccc(NC(C)=O)c2)cc1. The third-order valence-electron chi connectivity index (χ3n) is 3.67. The highest BCUT2D eigenvalue weighted by Crippen LogP contribution is 2.30. The highest BCUT2D eigenvalue weighted by atomic mass is 16.3. The third kappa shape index (κ3) is 3.50. The van der Waals surface area contributed by atoms with Crippen molar-refractivity contribution >= 4 is 11.6 Å². The van der Waals surface area contributed by atoms with E-state index in [-0.39, 0.29) is 5.91 Å². The van der Waals surface area contributed by atoms with Gasteiger partial charge in [0.25, 0.3) is 0 Å². The summed E-state index contributed by atoms with van der Waals surface area (Å²) in [6, 6.07) is 15.3. The molecule has 2 aromatic rings. The summed E-state index contributed by atoms with van der Waals surface area (Å²) in [5.41, 5.74) is 2.41. The van der Waals surface area contributed by atoms with Crippen molar-refractivity contribution in [3.63, 3.8) is 0 Å². The van der Waals surface area contributed by atoms with Crippen molar-refractivity contribution in [1.82, 2.24) is 0 Å². The van der Waals surface area contributed by atoms with Crippen LogP contribution in [0.25, 0.3) is 0 Å². The van der Waals surface area contributed by atoms with Crippen LogP contribution in [0.3, 0.4) is 0 Å². The molecule has 0 radical (unpaired) electrons. The minimum absolute atomic E-state index is 0.126. The predicted octanol–water partition coefficient (Wildman–Crippen LogP) is 3.46. The number of aliphatic hydroxyl groups is 1. The summed E-state index contributed by atoms with van der Waals surface area (Å²) in [5.74, 6) is -0.126. The Balaban J connectivity index is 2.35. The first-order valence-electron chi connectivity index (χ1n) is 7.13. The first-order valence-corrected chi connectivity index (χ1v) is 7.13. The Hall–Kier alpha value is -2.13. The topological polar surface area (TPSA) is 49.3 Å². The normalized spacial score (nSPS) is 13.5. The molecule has 0 aliphatic carbocycles. The lowest BCUT2D eigenvalue weighted by Gasteiger charge is -2.25. The van der Waals surface area contributed by atoms with Crippen molar-refractivity contribution in [3.05, 3.63) is 65.2 Å². The van der Waals surface area contributed by atoms with Crippen LogP contribution in [0.5, 0.6) is 0 Å². The molecular weight excluding hydrogens is 262 g/mol. The molecule has 0 aliphatic rings. The number of aryl methyl sites for hydroxylation is 1. The van der Waals surface area contributed by atoms with Gasteiger partial charge in [-0.3, -0.25) is 4.79 Å². The summed E-state index contributed by atoms with van der Waals surface area (Å²) >= 11 is 0. The standard InChI is InChI=1S/C18H21NO2/c1-4-14-8-10-15(11-9-14)18(3,21)16-6-5-7-17(12-16)19-13(2)20/h5-12,21H,4H2,1-3H3,(H,19,20). The van der Waals surface area contributed by atoms with Gasteiger partial charge in [0.05, 0.1) is 0 Å². The molecule has 2 aromatic carbocycles. The predicted molar refractivity (Wildman–Crippen MR) is 85.2 cm³/mol.